The summed E-state index contributed by atoms with van der Waals surface area (Å²) >= 11 is 5.88. The number of morpholine rings is 1. The molecule has 2 aromatic carbocycles. The summed E-state index contributed by atoms with van der Waals surface area (Å²) in [4.78, 5) is 23.3. The van der Waals surface area contributed by atoms with Gasteiger partial charge in [0, 0.05) is 42.9 Å². The maximum absolute atomic E-state index is 13.5. The molecule has 1 aromatic heterocycles. The Labute approximate surface area is 195 Å². The second kappa shape index (κ2) is 10.6. The summed E-state index contributed by atoms with van der Waals surface area (Å²) < 4.78 is 24.3. The van der Waals surface area contributed by atoms with Crippen LogP contribution in [0.2, 0.25) is 5.02 Å². The first-order chi connectivity index (χ1) is 16.0. The SMILES string of the molecule is COc1cc2ncnc(Nc3ccc(F)c(Cl)c3)c2cc1NC(=O)/C=C/CN1CCOCC1. The number of carbonyl (C=O) groups excluding carboxylic acids is 1. The number of nitrogens with zero attached hydrogens (tertiary/aromatic N) is 3. The van der Waals surface area contributed by atoms with E-state index in [4.69, 9.17) is 21.1 Å². The highest BCUT2D eigenvalue weighted by molar-refractivity contribution is 6.31. The first-order valence-electron chi connectivity index (χ1n) is 10.4. The minimum absolute atomic E-state index is 0.00292. The Morgan fingerprint density at radius 1 is 1.27 bits per heavy atom. The lowest BCUT2D eigenvalue weighted by atomic mass is 10.1. The van der Waals surface area contributed by atoms with Crippen LogP contribution in [0.25, 0.3) is 10.9 Å². The number of nitrogens with one attached hydrogen (secondary N) is 2. The van der Waals surface area contributed by atoms with Crippen LogP contribution < -0.4 is 15.4 Å². The number of carbonyl (C=O) groups is 1. The van der Waals surface area contributed by atoms with Crippen molar-refractivity contribution < 1.29 is 18.7 Å². The number of benzene rings is 2. The molecule has 3 aromatic rings. The zero-order valence-electron chi connectivity index (χ0n) is 18.0. The first kappa shape index (κ1) is 22.9. The third-order valence-corrected chi connectivity index (χ3v) is 5.42. The number of aromatic nitrogens is 2. The second-order valence-corrected chi connectivity index (χ2v) is 7.76. The van der Waals surface area contributed by atoms with E-state index in [0.717, 1.165) is 13.1 Å². The summed E-state index contributed by atoms with van der Waals surface area (Å²) in [5.41, 5.74) is 1.65. The lowest BCUT2D eigenvalue weighted by Crippen LogP contribution is -2.36. The summed E-state index contributed by atoms with van der Waals surface area (Å²) in [6.07, 6.45) is 4.73. The fourth-order valence-electron chi connectivity index (χ4n) is 3.43. The largest absolute Gasteiger partial charge is 0.494 e. The molecule has 0 saturated carbocycles. The summed E-state index contributed by atoms with van der Waals surface area (Å²) in [6, 6.07) is 7.74. The van der Waals surface area contributed by atoms with Crippen molar-refractivity contribution in [2.75, 3.05) is 50.6 Å². The standard InChI is InChI=1S/C23H23ClFN5O3/c1-32-21-13-19-16(23(27-14-26-19)28-15-4-5-18(25)17(24)11-15)12-20(21)29-22(31)3-2-6-30-7-9-33-10-8-30/h2-5,11-14H,6-10H2,1H3,(H,29,31)(H,26,27,28)/b3-2+. The number of anilines is 3. The Bertz CT molecular complexity index is 1180. The van der Waals surface area contributed by atoms with Gasteiger partial charge >= 0.3 is 0 Å². The van der Waals surface area contributed by atoms with Crippen molar-refractivity contribution in [1.82, 2.24) is 14.9 Å². The molecule has 0 radical (unpaired) electrons. The predicted molar refractivity (Wildman–Crippen MR) is 126 cm³/mol. The van der Waals surface area contributed by atoms with E-state index in [0.29, 0.717) is 53.6 Å². The topological polar surface area (TPSA) is 88.6 Å². The molecule has 0 bridgehead atoms. The number of amides is 1. The lowest BCUT2D eigenvalue weighted by molar-refractivity contribution is -0.111. The maximum Gasteiger partial charge on any atom is 0.248 e. The fraction of sp³-hybridized carbons (Fsp3) is 0.261. The molecule has 2 heterocycles. The van der Waals surface area contributed by atoms with E-state index in [-0.39, 0.29) is 10.9 Å². The van der Waals surface area contributed by atoms with Gasteiger partial charge in [0.2, 0.25) is 5.91 Å². The van der Waals surface area contributed by atoms with Crippen molar-refractivity contribution in [3.8, 4) is 5.75 Å². The van der Waals surface area contributed by atoms with E-state index in [2.05, 4.69) is 25.5 Å². The monoisotopic (exact) mass is 471 g/mol. The van der Waals surface area contributed by atoms with Crippen molar-refractivity contribution >= 4 is 45.6 Å². The van der Waals surface area contributed by atoms with Gasteiger partial charge in [-0.15, -0.1) is 0 Å². The lowest BCUT2D eigenvalue weighted by Gasteiger charge is -2.25. The molecule has 1 aliphatic heterocycles. The van der Waals surface area contributed by atoms with Gasteiger partial charge in [-0.2, -0.15) is 0 Å². The average Bonchev–Trinajstić information content (AvgIpc) is 2.82. The van der Waals surface area contributed by atoms with Crippen LogP contribution in [-0.2, 0) is 9.53 Å². The number of methoxy groups -OCH3 is 1. The molecule has 1 fully saturated rings. The Morgan fingerprint density at radius 2 is 2.09 bits per heavy atom. The van der Waals surface area contributed by atoms with Crippen LogP contribution in [0.3, 0.4) is 0 Å². The van der Waals surface area contributed by atoms with Gasteiger partial charge in [-0.3, -0.25) is 9.69 Å². The molecule has 8 nitrogen and oxygen atoms in total. The number of hydrogen-bond acceptors (Lipinski definition) is 7. The van der Waals surface area contributed by atoms with Gasteiger partial charge in [-0.25, -0.2) is 14.4 Å². The van der Waals surface area contributed by atoms with Gasteiger partial charge < -0.3 is 20.1 Å². The number of fused-ring (bicyclic) bond motifs is 1. The van der Waals surface area contributed by atoms with E-state index in [1.54, 1.807) is 18.2 Å². The second-order valence-electron chi connectivity index (χ2n) is 7.35. The number of halogens is 2. The average molecular weight is 472 g/mol. The van der Waals surface area contributed by atoms with Crippen molar-refractivity contribution in [3.05, 3.63) is 59.7 Å². The summed E-state index contributed by atoms with van der Waals surface area (Å²) in [6.45, 7) is 3.78. The molecule has 0 atom stereocenters. The van der Waals surface area contributed by atoms with Crippen molar-refractivity contribution in [1.29, 1.82) is 0 Å². The number of hydrogen-bond donors (Lipinski definition) is 2. The Kier molecular flexibility index (Phi) is 7.33. The molecular formula is C23H23ClFN5O3. The molecule has 33 heavy (non-hydrogen) atoms. The molecule has 1 saturated heterocycles. The molecular weight excluding hydrogens is 449 g/mol. The van der Waals surface area contributed by atoms with Gasteiger partial charge in [0.25, 0.3) is 0 Å². The molecule has 0 spiro atoms. The zero-order valence-corrected chi connectivity index (χ0v) is 18.7. The van der Waals surface area contributed by atoms with Crippen LogP contribution in [0.5, 0.6) is 5.75 Å². The molecule has 1 amide bonds. The Hall–Kier alpha value is -3.27. The van der Waals surface area contributed by atoms with E-state index in [1.807, 2.05) is 6.08 Å². The summed E-state index contributed by atoms with van der Waals surface area (Å²) in [5.74, 6) is 0.152. The van der Waals surface area contributed by atoms with E-state index in [9.17, 15) is 9.18 Å². The highest BCUT2D eigenvalue weighted by Gasteiger charge is 2.13. The van der Waals surface area contributed by atoms with Gasteiger partial charge in [0.05, 0.1) is 36.6 Å². The third-order valence-electron chi connectivity index (χ3n) is 5.13. The van der Waals surface area contributed by atoms with Gasteiger partial charge in [-0.05, 0) is 24.3 Å². The molecule has 0 unspecified atom stereocenters. The van der Waals surface area contributed by atoms with Crippen LogP contribution in [0.15, 0.2) is 48.8 Å². The van der Waals surface area contributed by atoms with Crippen molar-refractivity contribution in [3.63, 3.8) is 0 Å². The molecule has 1 aliphatic rings. The highest BCUT2D eigenvalue weighted by atomic mass is 35.5. The normalized spacial score (nSPS) is 14.5. The highest BCUT2D eigenvalue weighted by Crippen LogP contribution is 2.33. The molecule has 172 valence electrons. The summed E-state index contributed by atoms with van der Waals surface area (Å²) in [5, 5.41) is 6.61. The third kappa shape index (κ3) is 5.75. The molecule has 2 N–H and O–H groups in total. The van der Waals surface area contributed by atoms with E-state index < -0.39 is 5.82 Å². The smallest absolute Gasteiger partial charge is 0.248 e. The van der Waals surface area contributed by atoms with E-state index >= 15 is 0 Å². The van der Waals surface area contributed by atoms with Crippen LogP contribution in [0.1, 0.15) is 0 Å². The predicted octanol–water partition coefficient (Wildman–Crippen LogP) is 4.00. The van der Waals surface area contributed by atoms with Gasteiger partial charge in [0.1, 0.15) is 23.7 Å². The summed E-state index contributed by atoms with van der Waals surface area (Å²) in [7, 11) is 1.52. The van der Waals surface area contributed by atoms with Crippen molar-refractivity contribution in [2.24, 2.45) is 0 Å². The molecule has 4 rings (SSSR count). The molecule has 0 aliphatic carbocycles. The number of rotatable bonds is 7. The first-order valence-corrected chi connectivity index (χ1v) is 10.7. The maximum atomic E-state index is 13.5. The number of ether oxygens (including phenoxy) is 2. The van der Waals surface area contributed by atoms with Crippen molar-refractivity contribution in [2.45, 2.75) is 0 Å². The quantitative estimate of drug-likeness (QED) is 0.503. The van der Waals surface area contributed by atoms with Crippen LogP contribution in [-0.4, -0.2) is 60.7 Å². The van der Waals surface area contributed by atoms with E-state index in [1.165, 1.54) is 31.6 Å². The minimum Gasteiger partial charge on any atom is -0.494 e. The minimum atomic E-state index is -0.508. The van der Waals surface area contributed by atoms with Crippen LogP contribution in [0, 0.1) is 5.82 Å². The van der Waals surface area contributed by atoms with Gasteiger partial charge in [-0.1, -0.05) is 17.7 Å². The Morgan fingerprint density at radius 3 is 2.85 bits per heavy atom. The van der Waals surface area contributed by atoms with Crippen LogP contribution >= 0.6 is 11.6 Å². The van der Waals surface area contributed by atoms with Crippen LogP contribution in [0.4, 0.5) is 21.6 Å². The fourth-order valence-corrected chi connectivity index (χ4v) is 3.61. The molecule has 10 heteroatoms. The Balaban J connectivity index is 1.55. The zero-order chi connectivity index (χ0) is 23.2. The van der Waals surface area contributed by atoms with Gasteiger partial charge in [0.15, 0.2) is 0 Å².